The van der Waals surface area contributed by atoms with Gasteiger partial charge in [0.2, 0.25) is 5.91 Å². The van der Waals surface area contributed by atoms with E-state index in [1.807, 2.05) is 6.07 Å². The van der Waals surface area contributed by atoms with Crippen molar-refractivity contribution in [2.45, 2.75) is 19.4 Å². The van der Waals surface area contributed by atoms with Crippen LogP contribution in [0.5, 0.6) is 0 Å². The van der Waals surface area contributed by atoms with E-state index in [9.17, 15) is 13.6 Å². The van der Waals surface area contributed by atoms with Gasteiger partial charge in [-0.3, -0.25) is 9.78 Å². The zero-order valence-electron chi connectivity index (χ0n) is 15.1. The van der Waals surface area contributed by atoms with Gasteiger partial charge in [-0.2, -0.15) is 0 Å². The summed E-state index contributed by atoms with van der Waals surface area (Å²) in [5, 5.41) is 2.73. The van der Waals surface area contributed by atoms with Crippen molar-refractivity contribution < 1.29 is 13.6 Å². The highest BCUT2D eigenvalue weighted by Gasteiger charge is 2.26. The molecule has 144 valence electrons. The lowest BCUT2D eigenvalue weighted by atomic mass is 9.96. The number of piperidine rings is 1. The zero-order chi connectivity index (χ0) is 19.5. The molecule has 8 heteroatoms. The number of hydrogen-bond donors (Lipinski definition) is 1. The van der Waals surface area contributed by atoms with Crippen molar-refractivity contribution in [3.8, 4) is 0 Å². The summed E-state index contributed by atoms with van der Waals surface area (Å²) in [6.07, 6.45) is 6.54. The molecule has 3 heterocycles. The van der Waals surface area contributed by atoms with E-state index in [2.05, 4.69) is 25.2 Å². The number of nitrogens with zero attached hydrogens (tertiary/aromatic N) is 4. The fourth-order valence-electron chi connectivity index (χ4n) is 3.45. The molecule has 0 bridgehead atoms. The van der Waals surface area contributed by atoms with E-state index in [1.165, 1.54) is 0 Å². The molecule has 0 saturated carbocycles. The van der Waals surface area contributed by atoms with Crippen LogP contribution in [0.1, 0.15) is 18.4 Å². The van der Waals surface area contributed by atoms with Crippen LogP contribution in [0, 0.1) is 17.6 Å². The maximum Gasteiger partial charge on any atom is 0.225 e. The lowest BCUT2D eigenvalue weighted by molar-refractivity contribution is -0.125. The molecule has 1 N–H and O–H groups in total. The number of aromatic nitrogens is 3. The number of anilines is 1. The van der Waals surface area contributed by atoms with Crippen LogP contribution in [-0.4, -0.2) is 33.9 Å². The van der Waals surface area contributed by atoms with Crippen molar-refractivity contribution in [3.05, 3.63) is 60.1 Å². The summed E-state index contributed by atoms with van der Waals surface area (Å²) in [6.45, 7) is 1.31. The molecule has 1 aliphatic heterocycles. The van der Waals surface area contributed by atoms with Gasteiger partial charge in [0, 0.05) is 37.6 Å². The van der Waals surface area contributed by atoms with Gasteiger partial charge in [-0.15, -0.1) is 0 Å². The summed E-state index contributed by atoms with van der Waals surface area (Å²) in [4.78, 5) is 27.4. The number of nitrogens with one attached hydrogen (secondary N) is 1. The fraction of sp³-hybridized carbons (Fsp3) is 0.300. The van der Waals surface area contributed by atoms with E-state index in [-0.39, 0.29) is 23.9 Å². The first kappa shape index (κ1) is 18.2. The minimum Gasteiger partial charge on any atom is -0.369 e. The molecule has 1 fully saturated rings. The van der Waals surface area contributed by atoms with Crippen molar-refractivity contribution in [1.82, 2.24) is 20.3 Å². The molecule has 1 saturated heterocycles. The summed E-state index contributed by atoms with van der Waals surface area (Å²) in [7, 11) is 0. The van der Waals surface area contributed by atoms with Crippen LogP contribution in [0.25, 0.3) is 11.2 Å². The summed E-state index contributed by atoms with van der Waals surface area (Å²) in [5.74, 6) is -1.46. The molecule has 3 aromatic rings. The van der Waals surface area contributed by atoms with Crippen molar-refractivity contribution in [3.63, 3.8) is 0 Å². The van der Waals surface area contributed by atoms with E-state index in [0.717, 1.165) is 43.3 Å². The Kier molecular flexibility index (Phi) is 5.10. The molecule has 28 heavy (non-hydrogen) atoms. The maximum atomic E-state index is 13.7. The standard InChI is InChI=1S/C20H19F2N5O/c21-15-3-4-17(22)14(8-15)10-26-20(28)13-2-1-7-27(12-13)16-9-18-19(25-11-16)24-6-5-23-18/h3-6,8-9,11,13H,1-2,7,10,12H2,(H,26,28)/t13-/m1/s1. The highest BCUT2D eigenvalue weighted by Crippen LogP contribution is 2.24. The number of pyridine rings is 1. The first-order valence-corrected chi connectivity index (χ1v) is 9.13. The Hall–Kier alpha value is -3.16. The van der Waals surface area contributed by atoms with Crippen LogP contribution in [0.4, 0.5) is 14.5 Å². The molecule has 1 aliphatic rings. The average Bonchev–Trinajstić information content (AvgIpc) is 2.74. The van der Waals surface area contributed by atoms with Crippen LogP contribution in [-0.2, 0) is 11.3 Å². The first-order valence-electron chi connectivity index (χ1n) is 9.13. The number of hydrogen-bond acceptors (Lipinski definition) is 5. The Morgan fingerprint density at radius 1 is 1.18 bits per heavy atom. The monoisotopic (exact) mass is 383 g/mol. The van der Waals surface area contributed by atoms with Gasteiger partial charge in [-0.25, -0.2) is 18.7 Å². The molecular weight excluding hydrogens is 364 g/mol. The maximum absolute atomic E-state index is 13.7. The average molecular weight is 383 g/mol. The van der Waals surface area contributed by atoms with Crippen LogP contribution >= 0.6 is 0 Å². The van der Waals surface area contributed by atoms with E-state index in [0.29, 0.717) is 17.7 Å². The highest BCUT2D eigenvalue weighted by atomic mass is 19.1. The molecule has 4 rings (SSSR count). The van der Waals surface area contributed by atoms with Gasteiger partial charge in [0.05, 0.1) is 17.8 Å². The van der Waals surface area contributed by atoms with Gasteiger partial charge < -0.3 is 10.2 Å². The third-order valence-corrected chi connectivity index (χ3v) is 4.93. The summed E-state index contributed by atoms with van der Waals surface area (Å²) in [5.41, 5.74) is 2.31. The molecule has 0 spiro atoms. The second-order valence-corrected chi connectivity index (χ2v) is 6.83. The van der Waals surface area contributed by atoms with Crippen LogP contribution < -0.4 is 10.2 Å². The highest BCUT2D eigenvalue weighted by molar-refractivity contribution is 5.80. The molecule has 2 aromatic heterocycles. The number of rotatable bonds is 4. The van der Waals surface area contributed by atoms with Crippen LogP contribution in [0.15, 0.2) is 42.9 Å². The lowest BCUT2D eigenvalue weighted by Gasteiger charge is -2.33. The van der Waals surface area contributed by atoms with E-state index < -0.39 is 11.6 Å². The predicted octanol–water partition coefficient (Wildman–Crippen LogP) is 2.84. The van der Waals surface area contributed by atoms with Crippen molar-refractivity contribution in [1.29, 1.82) is 0 Å². The van der Waals surface area contributed by atoms with Crippen molar-refractivity contribution in [2.24, 2.45) is 5.92 Å². The summed E-state index contributed by atoms with van der Waals surface area (Å²) < 4.78 is 27.0. The summed E-state index contributed by atoms with van der Waals surface area (Å²) in [6, 6.07) is 5.14. The molecule has 0 radical (unpaired) electrons. The number of fused-ring (bicyclic) bond motifs is 1. The van der Waals surface area contributed by atoms with E-state index in [1.54, 1.807) is 18.6 Å². The van der Waals surface area contributed by atoms with Gasteiger partial charge in [0.25, 0.3) is 0 Å². The first-order chi connectivity index (χ1) is 13.6. The number of carbonyl (C=O) groups excluding carboxylic acids is 1. The predicted molar refractivity (Wildman–Crippen MR) is 100 cm³/mol. The van der Waals surface area contributed by atoms with Crippen molar-refractivity contribution in [2.75, 3.05) is 18.0 Å². The summed E-state index contributed by atoms with van der Waals surface area (Å²) >= 11 is 0. The number of halogens is 2. The van der Waals surface area contributed by atoms with Gasteiger partial charge in [0.1, 0.15) is 17.2 Å². The fourth-order valence-corrected chi connectivity index (χ4v) is 3.45. The number of carbonyl (C=O) groups is 1. The van der Waals surface area contributed by atoms with Crippen LogP contribution in [0.2, 0.25) is 0 Å². The Morgan fingerprint density at radius 3 is 2.93 bits per heavy atom. The topological polar surface area (TPSA) is 71.0 Å². The largest absolute Gasteiger partial charge is 0.369 e. The van der Waals surface area contributed by atoms with Gasteiger partial charge >= 0.3 is 0 Å². The molecule has 1 aromatic carbocycles. The molecular formula is C20H19F2N5O. The molecule has 0 unspecified atom stereocenters. The Morgan fingerprint density at radius 2 is 2.04 bits per heavy atom. The quantitative estimate of drug-likeness (QED) is 0.750. The second-order valence-electron chi connectivity index (χ2n) is 6.83. The Bertz CT molecular complexity index is 1010. The SMILES string of the molecule is O=C(NCc1cc(F)ccc1F)[C@@H]1CCCN(c2cnc3nccnc3c2)C1. The molecule has 1 atom stereocenters. The van der Waals surface area contributed by atoms with Gasteiger partial charge in [-0.05, 0) is 37.1 Å². The number of amides is 1. The van der Waals surface area contributed by atoms with Crippen molar-refractivity contribution >= 4 is 22.8 Å². The zero-order valence-corrected chi connectivity index (χ0v) is 15.1. The third kappa shape index (κ3) is 3.90. The smallest absolute Gasteiger partial charge is 0.225 e. The number of benzene rings is 1. The van der Waals surface area contributed by atoms with Gasteiger partial charge in [-0.1, -0.05) is 0 Å². The molecule has 6 nitrogen and oxygen atoms in total. The Labute approximate surface area is 160 Å². The normalized spacial score (nSPS) is 16.9. The second kappa shape index (κ2) is 7.84. The minimum atomic E-state index is -0.532. The van der Waals surface area contributed by atoms with Crippen LogP contribution in [0.3, 0.4) is 0 Å². The molecule has 1 amide bonds. The lowest BCUT2D eigenvalue weighted by Crippen LogP contribution is -2.43. The van der Waals surface area contributed by atoms with E-state index in [4.69, 9.17) is 0 Å². The minimum absolute atomic E-state index is 0.0357. The van der Waals surface area contributed by atoms with Gasteiger partial charge in [0.15, 0.2) is 5.65 Å². The van der Waals surface area contributed by atoms with E-state index >= 15 is 0 Å². The third-order valence-electron chi connectivity index (χ3n) is 4.93. The molecule has 0 aliphatic carbocycles. The Balaban J connectivity index is 1.42.